The first kappa shape index (κ1) is 27.4. The fourth-order valence-electron chi connectivity index (χ4n) is 6.02. The van der Waals surface area contributed by atoms with Crippen LogP contribution in [-0.2, 0) is 32.0 Å². The normalized spacial score (nSPS) is 17.6. The van der Waals surface area contributed by atoms with Gasteiger partial charge in [0, 0.05) is 19.4 Å². The molecule has 2 aliphatic rings. The van der Waals surface area contributed by atoms with Crippen molar-refractivity contribution in [2.75, 3.05) is 13.7 Å². The first-order chi connectivity index (χ1) is 19.4. The van der Waals surface area contributed by atoms with Gasteiger partial charge in [0.05, 0.1) is 7.11 Å². The van der Waals surface area contributed by atoms with Gasteiger partial charge in [-0.05, 0) is 65.1 Å². The van der Waals surface area contributed by atoms with Crippen molar-refractivity contribution in [3.63, 3.8) is 0 Å². The molecule has 40 heavy (non-hydrogen) atoms. The molecule has 1 unspecified atom stereocenters. The average molecular weight is 541 g/mol. The molecule has 2 atom stereocenters. The van der Waals surface area contributed by atoms with Crippen LogP contribution in [0.5, 0.6) is 5.75 Å². The molecule has 1 heterocycles. The first-order valence-corrected chi connectivity index (χ1v) is 14.1. The molecule has 0 saturated heterocycles. The molecule has 3 aromatic rings. The van der Waals surface area contributed by atoms with Crippen molar-refractivity contribution in [2.24, 2.45) is 5.92 Å². The summed E-state index contributed by atoms with van der Waals surface area (Å²) >= 11 is 0. The van der Waals surface area contributed by atoms with Crippen LogP contribution in [0.1, 0.15) is 54.8 Å². The Labute approximate surface area is 235 Å². The number of phenolic OH excluding ortho intramolecular Hbond substituents is 1. The lowest BCUT2D eigenvalue weighted by atomic mass is 9.90. The highest BCUT2D eigenvalue weighted by atomic mass is 16.5. The number of benzene rings is 3. The van der Waals surface area contributed by atoms with Crippen molar-refractivity contribution in [1.29, 1.82) is 0 Å². The van der Waals surface area contributed by atoms with Crippen LogP contribution < -0.4 is 5.32 Å². The Morgan fingerprint density at radius 2 is 1.68 bits per heavy atom. The van der Waals surface area contributed by atoms with Crippen molar-refractivity contribution < 1.29 is 24.2 Å². The lowest BCUT2D eigenvalue weighted by Gasteiger charge is -2.37. The Bertz CT molecular complexity index is 1350. The third kappa shape index (κ3) is 6.19. The highest BCUT2D eigenvalue weighted by molar-refractivity contribution is 5.92. The largest absolute Gasteiger partial charge is 0.508 e. The summed E-state index contributed by atoms with van der Waals surface area (Å²) in [5.74, 6) is -0.709. The molecule has 7 nitrogen and oxygen atoms in total. The maximum absolute atomic E-state index is 13.9. The van der Waals surface area contributed by atoms with Gasteiger partial charge < -0.3 is 20.1 Å². The third-order valence-corrected chi connectivity index (χ3v) is 8.17. The number of methoxy groups -OCH3 is 1. The molecule has 7 heteroatoms. The van der Waals surface area contributed by atoms with E-state index in [9.17, 15) is 19.5 Å². The number of rotatable bonds is 8. The number of carbonyl (C=O) groups is 3. The summed E-state index contributed by atoms with van der Waals surface area (Å²) in [5, 5.41) is 13.1. The molecular weight excluding hydrogens is 504 g/mol. The van der Waals surface area contributed by atoms with E-state index in [1.54, 1.807) is 23.1 Å². The van der Waals surface area contributed by atoms with Crippen LogP contribution in [0, 0.1) is 5.92 Å². The predicted octanol–water partition coefficient (Wildman–Crippen LogP) is 4.97. The number of aromatic hydroxyl groups is 1. The van der Waals surface area contributed by atoms with E-state index in [-0.39, 0.29) is 18.1 Å². The van der Waals surface area contributed by atoms with Gasteiger partial charge in [0.25, 0.3) is 0 Å². The number of carbonyl (C=O) groups excluding carboxylic acids is 3. The highest BCUT2D eigenvalue weighted by Gasteiger charge is 2.38. The molecule has 1 saturated carbocycles. The number of esters is 1. The van der Waals surface area contributed by atoms with Crippen LogP contribution in [0.15, 0.2) is 72.8 Å². The van der Waals surface area contributed by atoms with Gasteiger partial charge in [0.2, 0.25) is 11.8 Å². The molecule has 1 aliphatic carbocycles. The number of phenols is 1. The van der Waals surface area contributed by atoms with Gasteiger partial charge in [0.15, 0.2) is 0 Å². The van der Waals surface area contributed by atoms with Gasteiger partial charge in [-0.15, -0.1) is 0 Å². The SMILES string of the molecule is COC(=O)[C@H](Cc1ccc(-c2ccccc2)cc1)NC(=O)C1c2cc(O)ccc2CCN1C(=O)CC1CCCC1. The van der Waals surface area contributed by atoms with Gasteiger partial charge in [-0.25, -0.2) is 4.79 Å². The second-order valence-corrected chi connectivity index (χ2v) is 10.8. The third-order valence-electron chi connectivity index (χ3n) is 8.17. The van der Waals surface area contributed by atoms with Crippen LogP contribution in [0.3, 0.4) is 0 Å². The number of nitrogens with one attached hydrogen (secondary N) is 1. The van der Waals surface area contributed by atoms with Crippen LogP contribution in [0.2, 0.25) is 0 Å². The van der Waals surface area contributed by atoms with Crippen molar-refractivity contribution in [3.8, 4) is 16.9 Å². The molecule has 1 aliphatic heterocycles. The van der Waals surface area contributed by atoms with E-state index in [4.69, 9.17) is 4.74 Å². The quantitative estimate of drug-likeness (QED) is 0.394. The van der Waals surface area contributed by atoms with Crippen molar-refractivity contribution in [1.82, 2.24) is 10.2 Å². The van der Waals surface area contributed by atoms with Gasteiger partial charge in [-0.2, -0.15) is 0 Å². The van der Waals surface area contributed by atoms with E-state index in [1.165, 1.54) is 7.11 Å². The van der Waals surface area contributed by atoms with E-state index in [0.717, 1.165) is 47.9 Å². The monoisotopic (exact) mass is 540 g/mol. The summed E-state index contributed by atoms with van der Waals surface area (Å²) < 4.78 is 5.04. The first-order valence-electron chi connectivity index (χ1n) is 14.1. The van der Waals surface area contributed by atoms with E-state index < -0.39 is 24.0 Å². The average Bonchev–Trinajstić information content (AvgIpc) is 3.49. The lowest BCUT2D eigenvalue weighted by molar-refractivity contribution is -0.147. The van der Waals surface area contributed by atoms with Gasteiger partial charge >= 0.3 is 5.97 Å². The molecule has 2 amide bonds. The minimum absolute atomic E-state index is 0.0321. The number of fused-ring (bicyclic) bond motifs is 1. The Morgan fingerprint density at radius 3 is 2.38 bits per heavy atom. The minimum Gasteiger partial charge on any atom is -0.508 e. The Kier molecular flexibility index (Phi) is 8.48. The molecule has 2 N–H and O–H groups in total. The zero-order chi connectivity index (χ0) is 28.1. The summed E-state index contributed by atoms with van der Waals surface area (Å²) in [6.45, 7) is 0.408. The van der Waals surface area contributed by atoms with Crippen LogP contribution in [-0.4, -0.2) is 47.5 Å². The number of nitrogens with zero attached hydrogens (tertiary/aromatic N) is 1. The maximum atomic E-state index is 13.9. The zero-order valence-corrected chi connectivity index (χ0v) is 22.8. The second kappa shape index (κ2) is 12.4. The van der Waals surface area contributed by atoms with E-state index >= 15 is 0 Å². The summed E-state index contributed by atoms with van der Waals surface area (Å²) in [4.78, 5) is 41.8. The number of hydrogen-bond donors (Lipinski definition) is 2. The van der Waals surface area contributed by atoms with Crippen LogP contribution in [0.25, 0.3) is 11.1 Å². The molecule has 0 spiro atoms. The molecule has 0 radical (unpaired) electrons. The molecular formula is C33H36N2O5. The summed E-state index contributed by atoms with van der Waals surface area (Å²) in [6.07, 6.45) is 5.57. The Hall–Kier alpha value is -4.13. The molecule has 208 valence electrons. The number of amides is 2. The van der Waals surface area contributed by atoms with E-state index in [1.807, 2.05) is 54.6 Å². The molecule has 3 aromatic carbocycles. The summed E-state index contributed by atoms with van der Waals surface area (Å²) in [5.41, 5.74) is 4.52. The maximum Gasteiger partial charge on any atom is 0.328 e. The standard InChI is InChI=1S/C33H36N2O5/c1-40-33(39)29(19-23-11-13-25(14-12-23)24-9-3-2-4-10-24)34-32(38)31-28-21-27(36)16-15-26(28)17-18-35(31)30(37)20-22-7-5-6-8-22/h2-4,9-16,21-22,29,31,36H,5-8,17-20H2,1H3,(H,34,38)/t29-,31?/m0/s1. The molecule has 0 aromatic heterocycles. The van der Waals surface area contributed by atoms with Crippen molar-refractivity contribution in [3.05, 3.63) is 89.5 Å². The van der Waals surface area contributed by atoms with Crippen LogP contribution in [0.4, 0.5) is 0 Å². The van der Waals surface area contributed by atoms with Gasteiger partial charge in [-0.3, -0.25) is 9.59 Å². The Balaban J connectivity index is 1.37. The lowest BCUT2D eigenvalue weighted by Crippen LogP contribution is -2.51. The van der Waals surface area contributed by atoms with Crippen molar-refractivity contribution >= 4 is 17.8 Å². The van der Waals surface area contributed by atoms with Gasteiger partial charge in [0.1, 0.15) is 17.8 Å². The second-order valence-electron chi connectivity index (χ2n) is 10.8. The molecule has 0 bridgehead atoms. The zero-order valence-electron chi connectivity index (χ0n) is 22.8. The fourth-order valence-corrected chi connectivity index (χ4v) is 6.02. The van der Waals surface area contributed by atoms with Crippen molar-refractivity contribution in [2.45, 2.75) is 57.0 Å². The number of ether oxygens (including phenoxy) is 1. The Morgan fingerprint density at radius 1 is 0.975 bits per heavy atom. The minimum atomic E-state index is -0.936. The van der Waals surface area contributed by atoms with E-state index in [2.05, 4.69) is 5.32 Å². The molecule has 5 rings (SSSR count). The number of hydrogen-bond acceptors (Lipinski definition) is 5. The topological polar surface area (TPSA) is 95.9 Å². The van der Waals surface area contributed by atoms with Gasteiger partial charge in [-0.1, -0.05) is 73.5 Å². The summed E-state index contributed by atoms with van der Waals surface area (Å²) in [6, 6.07) is 21.0. The van der Waals surface area contributed by atoms with E-state index in [0.29, 0.717) is 30.9 Å². The predicted molar refractivity (Wildman–Crippen MR) is 152 cm³/mol. The smallest absolute Gasteiger partial charge is 0.328 e. The summed E-state index contributed by atoms with van der Waals surface area (Å²) in [7, 11) is 1.30. The van der Waals surface area contributed by atoms with Crippen LogP contribution >= 0.6 is 0 Å². The fraction of sp³-hybridized carbons (Fsp3) is 0.364. The molecule has 1 fully saturated rings. The highest BCUT2D eigenvalue weighted by Crippen LogP contribution is 2.35.